The number of aryl methyl sites for hydroxylation is 1. The molecule has 0 radical (unpaired) electrons. The predicted molar refractivity (Wildman–Crippen MR) is 52.8 cm³/mol. The summed E-state index contributed by atoms with van der Waals surface area (Å²) in [6, 6.07) is 3.66. The van der Waals surface area contributed by atoms with Gasteiger partial charge in [-0.05, 0) is 31.5 Å². The number of carboxylic acid groups (broad SMARTS) is 1. The highest BCUT2D eigenvalue weighted by atomic mass is 16.4. The second-order valence-electron chi connectivity index (χ2n) is 3.71. The van der Waals surface area contributed by atoms with E-state index >= 15 is 0 Å². The second kappa shape index (κ2) is 3.75. The molecule has 3 N–H and O–H groups in total. The maximum absolute atomic E-state index is 10.6. The van der Waals surface area contributed by atoms with Crippen molar-refractivity contribution in [3.63, 3.8) is 0 Å². The van der Waals surface area contributed by atoms with E-state index in [0.29, 0.717) is 5.69 Å². The molecule has 1 heterocycles. The van der Waals surface area contributed by atoms with Crippen LogP contribution in [0.15, 0.2) is 18.3 Å². The number of nitrogens with two attached hydrogens (primary N) is 1. The van der Waals surface area contributed by atoms with E-state index < -0.39 is 11.5 Å². The average molecular weight is 194 g/mol. The third-order valence-electron chi connectivity index (χ3n) is 2.02. The van der Waals surface area contributed by atoms with Crippen LogP contribution in [-0.2, 0) is 10.3 Å². The van der Waals surface area contributed by atoms with Gasteiger partial charge in [0.25, 0.3) is 0 Å². The third kappa shape index (κ3) is 2.53. The Morgan fingerprint density at radius 1 is 1.71 bits per heavy atom. The molecule has 0 amide bonds. The average Bonchev–Trinajstić information content (AvgIpc) is 2.01. The van der Waals surface area contributed by atoms with Crippen LogP contribution in [0.25, 0.3) is 0 Å². The fraction of sp³-hybridized carbons (Fsp3) is 0.400. The van der Waals surface area contributed by atoms with Crippen LogP contribution in [0.3, 0.4) is 0 Å². The van der Waals surface area contributed by atoms with E-state index in [1.54, 1.807) is 13.1 Å². The van der Waals surface area contributed by atoms with Gasteiger partial charge in [0.05, 0.1) is 17.7 Å². The van der Waals surface area contributed by atoms with Crippen LogP contribution in [0.4, 0.5) is 0 Å². The number of carbonyl (C=O) groups is 1. The Balaban J connectivity index is 2.97. The van der Waals surface area contributed by atoms with Crippen molar-refractivity contribution >= 4 is 5.97 Å². The van der Waals surface area contributed by atoms with Crippen LogP contribution in [-0.4, -0.2) is 16.1 Å². The summed E-state index contributed by atoms with van der Waals surface area (Å²) in [6.07, 6.45) is 1.51. The quantitative estimate of drug-likeness (QED) is 0.753. The van der Waals surface area contributed by atoms with Gasteiger partial charge in [-0.1, -0.05) is 0 Å². The molecule has 0 spiro atoms. The summed E-state index contributed by atoms with van der Waals surface area (Å²) in [6.45, 7) is 3.59. The molecular formula is C10H14N2O2. The molecular weight excluding hydrogens is 180 g/mol. The Bertz CT molecular complexity index is 348. The second-order valence-corrected chi connectivity index (χ2v) is 3.71. The zero-order chi connectivity index (χ0) is 10.8. The summed E-state index contributed by atoms with van der Waals surface area (Å²) in [5.41, 5.74) is 6.60. The van der Waals surface area contributed by atoms with Crippen molar-refractivity contribution in [2.24, 2.45) is 5.73 Å². The van der Waals surface area contributed by atoms with Crippen molar-refractivity contribution in [2.45, 2.75) is 25.8 Å². The minimum atomic E-state index is -0.918. The van der Waals surface area contributed by atoms with Crippen molar-refractivity contribution in [3.8, 4) is 0 Å². The Labute approximate surface area is 82.8 Å². The van der Waals surface area contributed by atoms with Crippen molar-refractivity contribution in [3.05, 3.63) is 29.6 Å². The van der Waals surface area contributed by atoms with E-state index in [1.807, 2.05) is 19.1 Å². The molecule has 0 saturated carbocycles. The van der Waals surface area contributed by atoms with E-state index in [4.69, 9.17) is 10.8 Å². The van der Waals surface area contributed by atoms with Crippen LogP contribution >= 0.6 is 0 Å². The summed E-state index contributed by atoms with van der Waals surface area (Å²) >= 11 is 0. The fourth-order valence-corrected chi connectivity index (χ4v) is 1.25. The summed E-state index contributed by atoms with van der Waals surface area (Å²) in [7, 11) is 0. The maximum Gasteiger partial charge on any atom is 0.305 e. The van der Waals surface area contributed by atoms with Gasteiger partial charge < -0.3 is 10.8 Å². The summed E-state index contributed by atoms with van der Waals surface area (Å²) in [4.78, 5) is 14.6. The summed E-state index contributed by atoms with van der Waals surface area (Å²) < 4.78 is 0. The van der Waals surface area contributed by atoms with Gasteiger partial charge in [0.15, 0.2) is 0 Å². The summed E-state index contributed by atoms with van der Waals surface area (Å²) in [5, 5.41) is 8.67. The minimum absolute atomic E-state index is 0.122. The molecule has 0 saturated heterocycles. The zero-order valence-electron chi connectivity index (χ0n) is 8.32. The van der Waals surface area contributed by atoms with Gasteiger partial charge in [0, 0.05) is 6.20 Å². The number of aliphatic carboxylic acids is 1. The molecule has 0 aromatic carbocycles. The Hall–Kier alpha value is -1.42. The lowest BCUT2D eigenvalue weighted by molar-refractivity contribution is -0.138. The number of nitrogens with zero attached hydrogens (tertiary/aromatic N) is 1. The number of hydrogen-bond donors (Lipinski definition) is 2. The predicted octanol–water partition coefficient (Wildman–Crippen LogP) is 1.04. The topological polar surface area (TPSA) is 76.2 Å². The van der Waals surface area contributed by atoms with Crippen molar-refractivity contribution in [1.82, 2.24) is 4.98 Å². The van der Waals surface area contributed by atoms with Gasteiger partial charge in [-0.15, -0.1) is 0 Å². The van der Waals surface area contributed by atoms with Crippen LogP contribution in [0.2, 0.25) is 0 Å². The molecule has 1 aromatic rings. The Morgan fingerprint density at radius 3 is 2.86 bits per heavy atom. The van der Waals surface area contributed by atoms with Gasteiger partial charge >= 0.3 is 5.97 Å². The molecule has 1 aromatic heterocycles. The first kappa shape index (κ1) is 10.7. The van der Waals surface area contributed by atoms with Crippen LogP contribution in [0, 0.1) is 6.92 Å². The van der Waals surface area contributed by atoms with E-state index in [2.05, 4.69) is 4.98 Å². The highest BCUT2D eigenvalue weighted by Gasteiger charge is 2.25. The van der Waals surface area contributed by atoms with E-state index in [-0.39, 0.29) is 6.42 Å². The van der Waals surface area contributed by atoms with Crippen LogP contribution < -0.4 is 5.73 Å². The van der Waals surface area contributed by atoms with Crippen molar-refractivity contribution in [2.75, 3.05) is 0 Å². The molecule has 14 heavy (non-hydrogen) atoms. The molecule has 1 rings (SSSR count). The van der Waals surface area contributed by atoms with Gasteiger partial charge in [-0.3, -0.25) is 9.78 Å². The number of pyridine rings is 1. The van der Waals surface area contributed by atoms with Crippen LogP contribution in [0.5, 0.6) is 0 Å². The van der Waals surface area contributed by atoms with E-state index in [1.165, 1.54) is 0 Å². The molecule has 0 aliphatic carbocycles. The van der Waals surface area contributed by atoms with Gasteiger partial charge in [-0.25, -0.2) is 0 Å². The Morgan fingerprint density at radius 2 is 2.36 bits per heavy atom. The monoisotopic (exact) mass is 194 g/mol. The first-order valence-corrected chi connectivity index (χ1v) is 4.35. The van der Waals surface area contributed by atoms with Gasteiger partial charge in [0.1, 0.15) is 0 Å². The molecule has 4 nitrogen and oxygen atoms in total. The Kier molecular flexibility index (Phi) is 2.86. The largest absolute Gasteiger partial charge is 0.481 e. The first-order valence-electron chi connectivity index (χ1n) is 4.35. The van der Waals surface area contributed by atoms with Crippen LogP contribution in [0.1, 0.15) is 24.6 Å². The third-order valence-corrected chi connectivity index (χ3v) is 2.02. The van der Waals surface area contributed by atoms with Crippen molar-refractivity contribution in [1.29, 1.82) is 0 Å². The molecule has 0 aliphatic rings. The molecule has 76 valence electrons. The van der Waals surface area contributed by atoms with Crippen molar-refractivity contribution < 1.29 is 9.90 Å². The molecule has 0 unspecified atom stereocenters. The molecule has 4 heteroatoms. The fourth-order valence-electron chi connectivity index (χ4n) is 1.25. The highest BCUT2D eigenvalue weighted by Crippen LogP contribution is 2.19. The smallest absolute Gasteiger partial charge is 0.305 e. The normalized spacial score (nSPS) is 14.8. The molecule has 1 atom stereocenters. The minimum Gasteiger partial charge on any atom is -0.481 e. The number of hydrogen-bond acceptors (Lipinski definition) is 3. The molecule has 0 fully saturated rings. The number of rotatable bonds is 3. The lowest BCUT2D eigenvalue weighted by Crippen LogP contribution is -2.36. The summed E-state index contributed by atoms with van der Waals surface area (Å²) in [5.74, 6) is -0.918. The standard InChI is InChI=1S/C10H14N2O2/c1-7-3-4-12-8(5-7)10(2,11)6-9(13)14/h3-5H,6,11H2,1-2H3,(H,13,14)/t10-/m0/s1. The zero-order valence-corrected chi connectivity index (χ0v) is 8.32. The maximum atomic E-state index is 10.6. The molecule has 0 bridgehead atoms. The lowest BCUT2D eigenvalue weighted by Gasteiger charge is -2.21. The van der Waals surface area contributed by atoms with Gasteiger partial charge in [-0.2, -0.15) is 0 Å². The van der Waals surface area contributed by atoms with E-state index in [9.17, 15) is 4.79 Å². The van der Waals surface area contributed by atoms with E-state index in [0.717, 1.165) is 5.56 Å². The highest BCUT2D eigenvalue weighted by molar-refractivity contribution is 5.68. The number of carboxylic acids is 1. The van der Waals surface area contributed by atoms with Gasteiger partial charge in [0.2, 0.25) is 0 Å². The lowest BCUT2D eigenvalue weighted by atomic mass is 9.94. The number of aromatic nitrogens is 1. The first-order chi connectivity index (χ1) is 6.42. The SMILES string of the molecule is Cc1ccnc([C@@](C)(N)CC(=O)O)c1. The molecule has 0 aliphatic heterocycles.